The van der Waals surface area contributed by atoms with E-state index in [9.17, 15) is 14.9 Å². The van der Waals surface area contributed by atoms with Crippen LogP contribution in [0.3, 0.4) is 0 Å². The summed E-state index contributed by atoms with van der Waals surface area (Å²) in [6.45, 7) is 1.37. The predicted octanol–water partition coefficient (Wildman–Crippen LogP) is 1.90. The molecule has 0 aliphatic heterocycles. The molecule has 0 saturated carbocycles. The first-order valence-electron chi connectivity index (χ1n) is 4.62. The summed E-state index contributed by atoms with van der Waals surface area (Å²) >= 11 is 0. The number of ketones is 1. The van der Waals surface area contributed by atoms with E-state index in [0.29, 0.717) is 11.3 Å². The molecule has 5 nitrogen and oxygen atoms in total. The fourth-order valence-corrected chi connectivity index (χ4v) is 1.07. The third kappa shape index (κ3) is 3.91. The zero-order chi connectivity index (χ0) is 12.0. The Balaban J connectivity index is 2.83. The molecule has 0 saturated heterocycles. The fourth-order valence-electron chi connectivity index (χ4n) is 1.07. The molecule has 1 aromatic carbocycles. The van der Waals surface area contributed by atoms with E-state index in [1.54, 1.807) is 24.3 Å². The van der Waals surface area contributed by atoms with E-state index in [1.807, 2.05) is 0 Å². The average Bonchev–Trinajstić information content (AvgIpc) is 2.24. The smallest absolute Gasteiger partial charge is 0.235 e. The molecule has 0 radical (unpaired) electrons. The van der Waals surface area contributed by atoms with Gasteiger partial charge in [-0.05, 0) is 13.0 Å². The summed E-state index contributed by atoms with van der Waals surface area (Å²) in [5.74, 6) is 0.351. The number of hydrogen-bond acceptors (Lipinski definition) is 4. The normalized spacial score (nSPS) is 10.3. The van der Waals surface area contributed by atoms with E-state index in [0.717, 1.165) is 6.20 Å². The monoisotopic (exact) mass is 221 g/mol. The van der Waals surface area contributed by atoms with Crippen molar-refractivity contribution in [3.63, 3.8) is 0 Å². The number of rotatable bonds is 5. The Kier molecular flexibility index (Phi) is 4.20. The van der Waals surface area contributed by atoms with Crippen molar-refractivity contribution in [3.05, 3.63) is 46.1 Å². The number of Topliss-reactive ketones (excluding diaryl/α,β-unsaturated/α-hetero) is 1. The molecule has 0 bridgehead atoms. The minimum absolute atomic E-state index is 0.0384. The molecule has 0 amide bonds. The van der Waals surface area contributed by atoms with Gasteiger partial charge in [0, 0.05) is 11.6 Å². The average molecular weight is 221 g/mol. The lowest BCUT2D eigenvalue weighted by molar-refractivity contribution is -0.400. The number of para-hydroxylation sites is 1. The van der Waals surface area contributed by atoms with Crippen molar-refractivity contribution in [2.75, 3.05) is 6.61 Å². The maximum atomic E-state index is 10.7. The van der Waals surface area contributed by atoms with Gasteiger partial charge in [0.2, 0.25) is 6.20 Å². The molecule has 1 aromatic rings. The third-order valence-electron chi connectivity index (χ3n) is 1.73. The number of nitro groups is 1. The predicted molar refractivity (Wildman–Crippen MR) is 58.6 cm³/mol. The van der Waals surface area contributed by atoms with Gasteiger partial charge in [-0.3, -0.25) is 14.9 Å². The Bertz CT molecular complexity index is 426. The van der Waals surface area contributed by atoms with E-state index in [4.69, 9.17) is 4.74 Å². The Morgan fingerprint density at radius 2 is 2.19 bits per heavy atom. The Hall–Kier alpha value is -2.17. The number of benzene rings is 1. The van der Waals surface area contributed by atoms with Gasteiger partial charge in [0.15, 0.2) is 5.78 Å². The number of ether oxygens (including phenoxy) is 1. The van der Waals surface area contributed by atoms with Crippen LogP contribution in [0.5, 0.6) is 5.75 Å². The lowest BCUT2D eigenvalue weighted by Gasteiger charge is -2.06. The molecule has 5 heteroatoms. The summed E-state index contributed by atoms with van der Waals surface area (Å²) in [4.78, 5) is 20.4. The molecule has 0 aliphatic carbocycles. The second-order valence-corrected chi connectivity index (χ2v) is 3.13. The maximum Gasteiger partial charge on any atom is 0.235 e. The third-order valence-corrected chi connectivity index (χ3v) is 1.73. The zero-order valence-corrected chi connectivity index (χ0v) is 8.75. The molecule has 84 valence electrons. The first kappa shape index (κ1) is 11.9. The largest absolute Gasteiger partial charge is 0.485 e. The van der Waals surface area contributed by atoms with Crippen molar-refractivity contribution in [2.24, 2.45) is 0 Å². The lowest BCUT2D eigenvalue weighted by atomic mass is 10.2. The highest BCUT2D eigenvalue weighted by Crippen LogP contribution is 2.19. The van der Waals surface area contributed by atoms with Gasteiger partial charge in [-0.1, -0.05) is 18.2 Å². The summed E-state index contributed by atoms with van der Waals surface area (Å²) in [6.07, 6.45) is 2.16. The Morgan fingerprint density at radius 1 is 1.50 bits per heavy atom. The van der Waals surface area contributed by atoms with E-state index in [2.05, 4.69) is 0 Å². The molecule has 0 fully saturated rings. The van der Waals surface area contributed by atoms with E-state index in [-0.39, 0.29) is 12.4 Å². The van der Waals surface area contributed by atoms with Gasteiger partial charge >= 0.3 is 0 Å². The first-order valence-corrected chi connectivity index (χ1v) is 4.62. The van der Waals surface area contributed by atoms with Crippen LogP contribution in [0.25, 0.3) is 6.08 Å². The molecule has 0 unspecified atom stereocenters. The van der Waals surface area contributed by atoms with Crippen molar-refractivity contribution in [3.8, 4) is 5.75 Å². The fraction of sp³-hybridized carbons (Fsp3) is 0.182. The highest BCUT2D eigenvalue weighted by atomic mass is 16.6. The van der Waals surface area contributed by atoms with E-state index < -0.39 is 4.92 Å². The van der Waals surface area contributed by atoms with Crippen molar-refractivity contribution in [1.29, 1.82) is 0 Å². The standard InChI is InChI=1S/C11H11NO4/c1-9(13)8-16-11-5-3-2-4-10(11)6-7-12(14)15/h2-7H,8H2,1H3/b7-6+. The SMILES string of the molecule is CC(=O)COc1ccccc1/C=C/[N+](=O)[O-]. The highest BCUT2D eigenvalue weighted by Gasteiger charge is 2.02. The van der Waals surface area contributed by atoms with Gasteiger partial charge in [-0.25, -0.2) is 0 Å². The zero-order valence-electron chi connectivity index (χ0n) is 8.75. The van der Waals surface area contributed by atoms with Gasteiger partial charge in [0.25, 0.3) is 0 Å². The van der Waals surface area contributed by atoms with Crippen LogP contribution in [0.1, 0.15) is 12.5 Å². The van der Waals surface area contributed by atoms with Crippen LogP contribution in [0, 0.1) is 10.1 Å². The molecule has 16 heavy (non-hydrogen) atoms. The first-order chi connectivity index (χ1) is 7.59. The van der Waals surface area contributed by atoms with E-state index in [1.165, 1.54) is 13.0 Å². The Labute approximate surface area is 92.5 Å². The molecule has 0 spiro atoms. The quantitative estimate of drug-likeness (QED) is 0.562. The Morgan fingerprint density at radius 3 is 2.81 bits per heavy atom. The lowest BCUT2D eigenvalue weighted by Crippen LogP contribution is -2.07. The summed E-state index contributed by atoms with van der Waals surface area (Å²) in [6, 6.07) is 6.80. The number of carbonyl (C=O) groups is 1. The van der Waals surface area contributed by atoms with Gasteiger partial charge in [0.05, 0.1) is 4.92 Å². The second kappa shape index (κ2) is 5.65. The molecule has 0 atom stereocenters. The van der Waals surface area contributed by atoms with Crippen LogP contribution < -0.4 is 4.74 Å². The van der Waals surface area contributed by atoms with Crippen LogP contribution in [0.2, 0.25) is 0 Å². The summed E-state index contributed by atoms with van der Waals surface area (Å²) in [5, 5.41) is 10.2. The van der Waals surface area contributed by atoms with E-state index >= 15 is 0 Å². The van der Waals surface area contributed by atoms with Crippen molar-refractivity contribution in [1.82, 2.24) is 0 Å². The molecule has 0 aliphatic rings. The van der Waals surface area contributed by atoms with Crippen molar-refractivity contribution < 1.29 is 14.5 Å². The van der Waals surface area contributed by atoms with Gasteiger partial charge in [-0.15, -0.1) is 0 Å². The number of carbonyl (C=O) groups excluding carboxylic acids is 1. The number of hydrogen-bond donors (Lipinski definition) is 0. The number of nitrogens with zero attached hydrogens (tertiary/aromatic N) is 1. The minimum atomic E-state index is -0.554. The second-order valence-electron chi connectivity index (χ2n) is 3.13. The van der Waals surface area contributed by atoms with Crippen molar-refractivity contribution >= 4 is 11.9 Å². The van der Waals surface area contributed by atoms with Crippen LogP contribution >= 0.6 is 0 Å². The minimum Gasteiger partial charge on any atom is -0.485 e. The van der Waals surface area contributed by atoms with Gasteiger partial charge in [0.1, 0.15) is 12.4 Å². The van der Waals surface area contributed by atoms with Crippen molar-refractivity contribution in [2.45, 2.75) is 6.92 Å². The van der Waals surface area contributed by atoms with Crippen LogP contribution in [0.4, 0.5) is 0 Å². The summed E-state index contributed by atoms with van der Waals surface area (Å²) in [5.41, 5.74) is 0.570. The topological polar surface area (TPSA) is 69.4 Å². The highest BCUT2D eigenvalue weighted by molar-refractivity contribution is 5.77. The molecule has 0 heterocycles. The molecule has 1 rings (SSSR count). The van der Waals surface area contributed by atoms with Crippen LogP contribution in [-0.4, -0.2) is 17.3 Å². The van der Waals surface area contributed by atoms with Crippen LogP contribution in [0.15, 0.2) is 30.5 Å². The van der Waals surface area contributed by atoms with Gasteiger partial charge < -0.3 is 4.74 Å². The van der Waals surface area contributed by atoms with Gasteiger partial charge in [-0.2, -0.15) is 0 Å². The molecule has 0 N–H and O–H groups in total. The van der Waals surface area contributed by atoms with Crippen LogP contribution in [-0.2, 0) is 4.79 Å². The molecular weight excluding hydrogens is 210 g/mol. The summed E-state index contributed by atoms with van der Waals surface area (Å²) in [7, 11) is 0. The maximum absolute atomic E-state index is 10.7. The molecular formula is C11H11NO4. The summed E-state index contributed by atoms with van der Waals surface area (Å²) < 4.78 is 5.21. The molecule has 0 aromatic heterocycles.